The van der Waals surface area contributed by atoms with E-state index in [-0.39, 0.29) is 10.8 Å². The number of fused-ring (bicyclic) bond motifs is 1. The lowest BCUT2D eigenvalue weighted by atomic mass is 9.88. The summed E-state index contributed by atoms with van der Waals surface area (Å²) in [6, 6.07) is 6.62. The van der Waals surface area contributed by atoms with Crippen molar-refractivity contribution in [3.63, 3.8) is 0 Å². The van der Waals surface area contributed by atoms with Gasteiger partial charge in [-0.1, -0.05) is 22.0 Å². The largest absolute Gasteiger partial charge is 0.242 e. The molecule has 2 unspecified atom stereocenters. The monoisotopic (exact) mass is 329 g/mol. The lowest BCUT2D eigenvalue weighted by molar-refractivity contribution is 0.523. The zero-order valence-electron chi connectivity index (χ0n) is 11.1. The molecule has 1 aromatic rings. The van der Waals surface area contributed by atoms with Gasteiger partial charge in [0.1, 0.15) is 0 Å². The second kappa shape index (κ2) is 5.43. The highest BCUT2D eigenvalue weighted by Gasteiger charge is 2.26. The molecule has 4 heteroatoms. The van der Waals surface area contributed by atoms with Gasteiger partial charge in [-0.15, -0.1) is 0 Å². The maximum Gasteiger partial charge on any atom is 0.0975 e. The van der Waals surface area contributed by atoms with Crippen molar-refractivity contribution in [2.45, 2.75) is 50.8 Å². The van der Waals surface area contributed by atoms with Crippen molar-refractivity contribution in [1.29, 1.82) is 0 Å². The van der Waals surface area contributed by atoms with E-state index in [1.165, 1.54) is 11.1 Å². The molecule has 0 saturated heterocycles. The third-order valence-electron chi connectivity index (χ3n) is 3.22. The van der Waals surface area contributed by atoms with E-state index in [0.717, 1.165) is 23.7 Å². The smallest absolute Gasteiger partial charge is 0.0975 e. The van der Waals surface area contributed by atoms with E-state index in [1.54, 1.807) is 0 Å². The van der Waals surface area contributed by atoms with Gasteiger partial charge in [-0.3, -0.25) is 0 Å². The van der Waals surface area contributed by atoms with Crippen molar-refractivity contribution < 1.29 is 4.21 Å². The molecular weight excluding hydrogens is 310 g/mol. The van der Waals surface area contributed by atoms with Crippen LogP contribution in [0, 0.1) is 0 Å². The van der Waals surface area contributed by atoms with Crippen molar-refractivity contribution in [1.82, 2.24) is 4.72 Å². The third kappa shape index (κ3) is 3.22. The molecule has 0 aliphatic heterocycles. The predicted molar refractivity (Wildman–Crippen MR) is 80.9 cm³/mol. The zero-order chi connectivity index (χ0) is 13.3. The van der Waals surface area contributed by atoms with Gasteiger partial charge in [0.05, 0.1) is 15.7 Å². The second-order valence-electron chi connectivity index (χ2n) is 5.79. The van der Waals surface area contributed by atoms with Gasteiger partial charge in [0.2, 0.25) is 0 Å². The predicted octanol–water partition coefficient (Wildman–Crippen LogP) is 3.88. The van der Waals surface area contributed by atoms with E-state index in [2.05, 4.69) is 38.9 Å². The molecule has 2 rings (SSSR count). The highest BCUT2D eigenvalue weighted by molar-refractivity contribution is 9.10. The summed E-state index contributed by atoms with van der Waals surface area (Å²) in [6.07, 6.45) is 3.34. The Morgan fingerprint density at radius 2 is 2.11 bits per heavy atom. The van der Waals surface area contributed by atoms with Crippen molar-refractivity contribution in [3.05, 3.63) is 33.8 Å². The molecule has 0 spiro atoms. The van der Waals surface area contributed by atoms with Gasteiger partial charge in [0, 0.05) is 10.5 Å². The van der Waals surface area contributed by atoms with Crippen LogP contribution in [0.4, 0.5) is 0 Å². The van der Waals surface area contributed by atoms with Crippen molar-refractivity contribution in [2.24, 2.45) is 0 Å². The third-order valence-corrected chi connectivity index (χ3v) is 5.33. The Morgan fingerprint density at radius 1 is 1.39 bits per heavy atom. The summed E-state index contributed by atoms with van der Waals surface area (Å²) < 4.78 is 16.4. The Hall–Kier alpha value is -0.190. The molecule has 2 atom stereocenters. The fourth-order valence-electron chi connectivity index (χ4n) is 2.21. The molecule has 0 radical (unpaired) electrons. The lowest BCUT2D eigenvalue weighted by Gasteiger charge is -2.29. The average molecular weight is 330 g/mol. The number of nitrogens with one attached hydrogen (secondary N) is 1. The minimum absolute atomic E-state index is 0.215. The number of hydrogen-bond acceptors (Lipinski definition) is 1. The first kappa shape index (κ1) is 14.2. The van der Waals surface area contributed by atoms with Gasteiger partial charge in [0.15, 0.2) is 0 Å². The van der Waals surface area contributed by atoms with Crippen LogP contribution in [0.25, 0.3) is 0 Å². The van der Waals surface area contributed by atoms with Crippen molar-refractivity contribution in [3.8, 4) is 0 Å². The quantitative estimate of drug-likeness (QED) is 0.876. The van der Waals surface area contributed by atoms with Crippen LogP contribution in [0.2, 0.25) is 0 Å². The van der Waals surface area contributed by atoms with Crippen LogP contribution in [0.15, 0.2) is 22.7 Å². The molecule has 2 nitrogen and oxygen atoms in total. The van der Waals surface area contributed by atoms with E-state index < -0.39 is 11.0 Å². The molecule has 0 aromatic heterocycles. The molecule has 18 heavy (non-hydrogen) atoms. The van der Waals surface area contributed by atoms with Gasteiger partial charge in [-0.05, 0) is 63.3 Å². The summed E-state index contributed by atoms with van der Waals surface area (Å²) in [4.78, 5) is 0. The molecule has 0 amide bonds. The Bertz CT molecular complexity index is 467. The average Bonchev–Trinajstić information content (AvgIpc) is 2.27. The molecule has 0 heterocycles. The lowest BCUT2D eigenvalue weighted by Crippen LogP contribution is -2.36. The van der Waals surface area contributed by atoms with Gasteiger partial charge < -0.3 is 0 Å². The summed E-state index contributed by atoms with van der Waals surface area (Å²) in [6.45, 7) is 6.00. The fourth-order valence-corrected chi connectivity index (χ4v) is 3.48. The van der Waals surface area contributed by atoms with Gasteiger partial charge in [-0.2, -0.15) is 0 Å². The van der Waals surface area contributed by atoms with Crippen LogP contribution in [0.1, 0.15) is 50.8 Å². The van der Waals surface area contributed by atoms with E-state index in [9.17, 15) is 4.21 Å². The zero-order valence-corrected chi connectivity index (χ0v) is 13.5. The second-order valence-corrected chi connectivity index (χ2v) is 8.70. The van der Waals surface area contributed by atoms with Gasteiger partial charge in [0.25, 0.3) is 0 Å². The highest BCUT2D eigenvalue weighted by Crippen LogP contribution is 2.32. The molecule has 0 bridgehead atoms. The summed E-state index contributed by atoms with van der Waals surface area (Å²) in [5, 5.41) is 0. The molecule has 100 valence electrons. The van der Waals surface area contributed by atoms with Crippen LogP contribution >= 0.6 is 15.9 Å². The van der Waals surface area contributed by atoms with Crippen LogP contribution in [-0.2, 0) is 17.4 Å². The van der Waals surface area contributed by atoms with E-state index in [0.29, 0.717) is 0 Å². The SMILES string of the molecule is CC(C)(C)S(=O)NC1CCCc2cc(Br)ccc21. The van der Waals surface area contributed by atoms with Crippen LogP contribution in [0.5, 0.6) is 0 Å². The number of rotatable bonds is 2. The summed E-state index contributed by atoms with van der Waals surface area (Å²) in [5.41, 5.74) is 2.68. The molecule has 1 aromatic carbocycles. The van der Waals surface area contributed by atoms with Gasteiger partial charge in [-0.25, -0.2) is 8.93 Å². The van der Waals surface area contributed by atoms with Crippen LogP contribution < -0.4 is 4.72 Å². The Labute approximate surface area is 120 Å². The molecule has 0 saturated carbocycles. The maximum absolute atomic E-state index is 12.2. The fraction of sp³-hybridized carbons (Fsp3) is 0.571. The van der Waals surface area contributed by atoms with E-state index in [1.807, 2.05) is 20.8 Å². The Morgan fingerprint density at radius 3 is 2.78 bits per heavy atom. The summed E-state index contributed by atoms with van der Waals surface area (Å²) in [7, 11) is -1.01. The molecular formula is C14H20BrNOS. The first-order valence-electron chi connectivity index (χ1n) is 6.34. The minimum Gasteiger partial charge on any atom is -0.242 e. The molecule has 1 N–H and O–H groups in total. The van der Waals surface area contributed by atoms with Crippen molar-refractivity contribution in [2.75, 3.05) is 0 Å². The standard InChI is InChI=1S/C14H20BrNOS/c1-14(2,3)18(17)16-13-6-4-5-10-9-11(15)7-8-12(10)13/h7-9,13,16H,4-6H2,1-3H3. The number of halogens is 1. The van der Waals surface area contributed by atoms with Crippen molar-refractivity contribution >= 4 is 26.9 Å². The topological polar surface area (TPSA) is 29.1 Å². The summed E-state index contributed by atoms with van der Waals surface area (Å²) in [5.74, 6) is 0. The van der Waals surface area contributed by atoms with Crippen LogP contribution in [-0.4, -0.2) is 8.96 Å². The normalized spacial score (nSPS) is 21.4. The Kier molecular flexibility index (Phi) is 4.29. The van der Waals surface area contributed by atoms with E-state index in [4.69, 9.17) is 0 Å². The maximum atomic E-state index is 12.2. The van der Waals surface area contributed by atoms with E-state index >= 15 is 0 Å². The molecule has 0 fully saturated rings. The number of hydrogen-bond donors (Lipinski definition) is 1. The Balaban J connectivity index is 2.21. The number of aryl methyl sites for hydroxylation is 1. The highest BCUT2D eigenvalue weighted by atomic mass is 79.9. The first-order valence-corrected chi connectivity index (χ1v) is 8.28. The summed E-state index contributed by atoms with van der Waals surface area (Å²) >= 11 is 3.51. The van der Waals surface area contributed by atoms with Crippen LogP contribution in [0.3, 0.4) is 0 Å². The number of benzene rings is 1. The van der Waals surface area contributed by atoms with Gasteiger partial charge >= 0.3 is 0 Å². The molecule has 1 aliphatic carbocycles. The minimum atomic E-state index is -1.01. The first-order chi connectivity index (χ1) is 8.38. The molecule has 1 aliphatic rings.